The summed E-state index contributed by atoms with van der Waals surface area (Å²) in [5, 5.41) is 15.5. The highest BCUT2D eigenvalue weighted by Crippen LogP contribution is 2.33. The van der Waals surface area contributed by atoms with E-state index in [1.54, 1.807) is 0 Å². The van der Waals surface area contributed by atoms with E-state index in [0.717, 1.165) is 42.6 Å². The zero-order valence-corrected chi connectivity index (χ0v) is 19.6. The summed E-state index contributed by atoms with van der Waals surface area (Å²) < 4.78 is 17.4. The number of carboxylic acids is 2. The van der Waals surface area contributed by atoms with Gasteiger partial charge in [-0.25, -0.2) is 9.59 Å². The van der Waals surface area contributed by atoms with Crippen molar-refractivity contribution in [2.75, 3.05) is 39.5 Å². The molecule has 2 rings (SSSR count). The fourth-order valence-electron chi connectivity index (χ4n) is 3.19. The Hall–Kier alpha value is -1.87. The van der Waals surface area contributed by atoms with Gasteiger partial charge in [0.15, 0.2) is 0 Å². The number of carbonyl (C=O) groups is 2. The first kappa shape index (κ1) is 27.2. The molecule has 1 aromatic rings. The average molecular weight is 460 g/mol. The van der Waals surface area contributed by atoms with Crippen LogP contribution in [0.15, 0.2) is 18.2 Å². The van der Waals surface area contributed by atoms with Crippen LogP contribution in [0.5, 0.6) is 5.75 Å². The van der Waals surface area contributed by atoms with Gasteiger partial charge in [0.05, 0.1) is 25.4 Å². The van der Waals surface area contributed by atoms with Gasteiger partial charge in [0.25, 0.3) is 0 Å². The van der Waals surface area contributed by atoms with Gasteiger partial charge in [-0.3, -0.25) is 4.90 Å². The van der Waals surface area contributed by atoms with Gasteiger partial charge in [-0.1, -0.05) is 32.4 Å². The zero-order chi connectivity index (χ0) is 23.6. The Morgan fingerprint density at radius 1 is 1.10 bits per heavy atom. The van der Waals surface area contributed by atoms with Crippen molar-refractivity contribution in [2.24, 2.45) is 0 Å². The lowest BCUT2D eigenvalue weighted by molar-refractivity contribution is -0.159. The van der Waals surface area contributed by atoms with Crippen LogP contribution in [0, 0.1) is 0 Å². The van der Waals surface area contributed by atoms with E-state index in [1.807, 2.05) is 18.2 Å². The molecule has 1 fully saturated rings. The minimum absolute atomic E-state index is 0.00912. The maximum absolute atomic E-state index is 9.10. The zero-order valence-electron chi connectivity index (χ0n) is 18.9. The second-order valence-corrected chi connectivity index (χ2v) is 8.91. The van der Waals surface area contributed by atoms with Gasteiger partial charge >= 0.3 is 11.9 Å². The molecule has 8 nitrogen and oxygen atoms in total. The third kappa shape index (κ3) is 10.8. The third-order valence-electron chi connectivity index (χ3n) is 4.46. The summed E-state index contributed by atoms with van der Waals surface area (Å²) in [6.45, 7) is 15.5. The second kappa shape index (κ2) is 12.9. The molecular weight excluding hydrogens is 426 g/mol. The topological polar surface area (TPSA) is 106 Å². The molecule has 176 valence electrons. The van der Waals surface area contributed by atoms with Crippen molar-refractivity contribution in [1.29, 1.82) is 0 Å². The van der Waals surface area contributed by atoms with E-state index in [9.17, 15) is 0 Å². The molecule has 1 saturated heterocycles. The number of aliphatic carboxylic acids is 2. The first-order chi connectivity index (χ1) is 14.4. The normalized spacial score (nSPS) is 19.3. The Labute approximate surface area is 189 Å². The van der Waals surface area contributed by atoms with Crippen LogP contribution in [0.2, 0.25) is 5.02 Å². The van der Waals surface area contributed by atoms with E-state index in [0.29, 0.717) is 25.4 Å². The van der Waals surface area contributed by atoms with Gasteiger partial charge in [0.2, 0.25) is 0 Å². The molecule has 1 aromatic carbocycles. The average Bonchev–Trinajstić information content (AvgIpc) is 2.64. The SMILES string of the molecule is CC1CN(CCOCCOc2ccc(Cl)cc2C(C)(C)C)CC(C)O1.O=C(O)C(=O)O. The summed E-state index contributed by atoms with van der Waals surface area (Å²) in [5.41, 5.74) is 1.11. The number of nitrogens with zero attached hydrogens (tertiary/aromatic N) is 1. The van der Waals surface area contributed by atoms with Gasteiger partial charge in [0.1, 0.15) is 12.4 Å². The molecule has 0 radical (unpaired) electrons. The molecule has 0 aromatic heterocycles. The van der Waals surface area contributed by atoms with Crippen molar-refractivity contribution >= 4 is 23.5 Å². The van der Waals surface area contributed by atoms with Crippen molar-refractivity contribution in [2.45, 2.75) is 52.2 Å². The molecule has 1 aliphatic heterocycles. The first-order valence-corrected chi connectivity index (χ1v) is 10.6. The summed E-state index contributed by atoms with van der Waals surface area (Å²) in [7, 11) is 0. The van der Waals surface area contributed by atoms with Crippen LogP contribution in [0.1, 0.15) is 40.2 Å². The smallest absolute Gasteiger partial charge is 0.414 e. The van der Waals surface area contributed by atoms with E-state index in [2.05, 4.69) is 39.5 Å². The summed E-state index contributed by atoms with van der Waals surface area (Å²) in [5.74, 6) is -2.76. The summed E-state index contributed by atoms with van der Waals surface area (Å²) >= 11 is 6.13. The van der Waals surface area contributed by atoms with E-state index in [-0.39, 0.29) is 5.41 Å². The van der Waals surface area contributed by atoms with Crippen LogP contribution < -0.4 is 4.74 Å². The number of hydrogen-bond donors (Lipinski definition) is 2. The van der Waals surface area contributed by atoms with Gasteiger partial charge in [-0.05, 0) is 37.5 Å². The molecule has 0 aliphatic carbocycles. The predicted molar refractivity (Wildman–Crippen MR) is 118 cm³/mol. The van der Waals surface area contributed by atoms with Crippen molar-refractivity contribution < 1.29 is 34.0 Å². The molecule has 0 bridgehead atoms. The lowest BCUT2D eigenvalue weighted by atomic mass is 9.86. The van der Waals surface area contributed by atoms with Gasteiger partial charge in [-0.15, -0.1) is 0 Å². The summed E-state index contributed by atoms with van der Waals surface area (Å²) in [4.78, 5) is 20.6. The van der Waals surface area contributed by atoms with E-state index >= 15 is 0 Å². The summed E-state index contributed by atoms with van der Waals surface area (Å²) in [6, 6.07) is 5.80. The number of benzene rings is 1. The van der Waals surface area contributed by atoms with Crippen molar-refractivity contribution in [1.82, 2.24) is 4.90 Å². The number of rotatable bonds is 7. The molecule has 9 heteroatoms. The van der Waals surface area contributed by atoms with Crippen LogP contribution in [0.25, 0.3) is 0 Å². The lowest BCUT2D eigenvalue weighted by Gasteiger charge is -2.35. The number of ether oxygens (including phenoxy) is 3. The lowest BCUT2D eigenvalue weighted by Crippen LogP contribution is -2.46. The molecule has 0 amide bonds. The highest BCUT2D eigenvalue weighted by atomic mass is 35.5. The van der Waals surface area contributed by atoms with E-state index in [4.69, 9.17) is 45.6 Å². The number of hydrogen-bond acceptors (Lipinski definition) is 6. The number of halogens is 1. The maximum Gasteiger partial charge on any atom is 0.414 e. The standard InChI is InChI=1S/C20H32ClNO3.C2H2O4/c1-15-13-22(14-16(2)25-15)8-9-23-10-11-24-19-7-6-17(21)12-18(19)20(3,4)5;3-1(4)2(5)6/h6-7,12,15-16H,8-11,13-14H2,1-5H3;(H,3,4)(H,5,6). The quantitative estimate of drug-likeness (QED) is 0.472. The Balaban J connectivity index is 0.000000703. The Morgan fingerprint density at radius 2 is 1.68 bits per heavy atom. The first-order valence-electron chi connectivity index (χ1n) is 10.2. The molecule has 2 atom stereocenters. The molecule has 2 unspecified atom stereocenters. The largest absolute Gasteiger partial charge is 0.491 e. The minimum atomic E-state index is -1.82. The van der Waals surface area contributed by atoms with Gasteiger partial charge < -0.3 is 24.4 Å². The van der Waals surface area contributed by atoms with Crippen molar-refractivity contribution in [3.63, 3.8) is 0 Å². The minimum Gasteiger partial charge on any atom is -0.491 e. The molecule has 1 heterocycles. The van der Waals surface area contributed by atoms with Crippen LogP contribution in [-0.2, 0) is 24.5 Å². The Morgan fingerprint density at radius 3 is 2.19 bits per heavy atom. The van der Waals surface area contributed by atoms with Crippen LogP contribution in [-0.4, -0.2) is 78.7 Å². The second-order valence-electron chi connectivity index (χ2n) is 8.48. The number of carboxylic acid groups (broad SMARTS) is 2. The van der Waals surface area contributed by atoms with Crippen molar-refractivity contribution in [3.8, 4) is 5.75 Å². The molecule has 0 saturated carbocycles. The fourth-order valence-corrected chi connectivity index (χ4v) is 3.36. The molecule has 1 aliphatic rings. The van der Waals surface area contributed by atoms with Crippen LogP contribution in [0.4, 0.5) is 0 Å². The number of morpholine rings is 1. The molecule has 0 spiro atoms. The van der Waals surface area contributed by atoms with E-state index in [1.165, 1.54) is 0 Å². The van der Waals surface area contributed by atoms with Gasteiger partial charge in [0, 0.05) is 30.2 Å². The van der Waals surface area contributed by atoms with Crippen molar-refractivity contribution in [3.05, 3.63) is 28.8 Å². The predicted octanol–water partition coefficient (Wildman–Crippen LogP) is 3.30. The third-order valence-corrected chi connectivity index (χ3v) is 4.70. The summed E-state index contributed by atoms with van der Waals surface area (Å²) in [6.07, 6.45) is 0.598. The maximum atomic E-state index is 9.10. The van der Waals surface area contributed by atoms with Gasteiger partial charge in [-0.2, -0.15) is 0 Å². The van der Waals surface area contributed by atoms with E-state index < -0.39 is 11.9 Å². The van der Waals surface area contributed by atoms with Crippen LogP contribution >= 0.6 is 11.6 Å². The Kier molecular flexibility index (Phi) is 11.3. The van der Waals surface area contributed by atoms with Crippen LogP contribution in [0.3, 0.4) is 0 Å². The highest BCUT2D eigenvalue weighted by Gasteiger charge is 2.22. The Bertz CT molecular complexity index is 698. The molecular formula is C22H34ClNO7. The molecule has 2 N–H and O–H groups in total. The monoisotopic (exact) mass is 459 g/mol. The molecule has 31 heavy (non-hydrogen) atoms. The highest BCUT2D eigenvalue weighted by molar-refractivity contribution is 6.30. The fraction of sp³-hybridized carbons (Fsp3) is 0.636.